The summed E-state index contributed by atoms with van der Waals surface area (Å²) in [5, 5.41) is 27.7. The monoisotopic (exact) mass is 412 g/mol. The largest absolute Gasteiger partial charge is 0.507 e. The molecule has 8 nitrogen and oxygen atoms in total. The molecule has 1 aromatic carbocycles. The number of piperidine rings is 1. The summed E-state index contributed by atoms with van der Waals surface area (Å²) in [6.07, 6.45) is 2.13. The number of phenols is 1. The molecular formula is C20H24N6O2S. The minimum absolute atomic E-state index is 0.0802. The van der Waals surface area contributed by atoms with Crippen molar-refractivity contribution >= 4 is 33.3 Å². The first-order valence-corrected chi connectivity index (χ1v) is 10.6. The van der Waals surface area contributed by atoms with Gasteiger partial charge in [-0.25, -0.2) is 4.98 Å². The van der Waals surface area contributed by atoms with Gasteiger partial charge in [0.05, 0.1) is 0 Å². The average Bonchev–Trinajstić information content (AvgIpc) is 3.24. The maximum Gasteiger partial charge on any atom is 0.272 e. The number of hydrogen-bond donors (Lipinski definition) is 3. The highest BCUT2D eigenvalue weighted by Gasteiger charge is 2.23. The Labute approximate surface area is 173 Å². The van der Waals surface area contributed by atoms with Crippen LogP contribution in [0.1, 0.15) is 30.3 Å². The Morgan fingerprint density at radius 2 is 2.21 bits per heavy atom. The zero-order valence-electron chi connectivity index (χ0n) is 16.5. The number of fused-ring (bicyclic) bond motifs is 1. The number of nitrogens with one attached hydrogen (secondary N) is 2. The van der Waals surface area contributed by atoms with E-state index in [0.717, 1.165) is 42.6 Å². The maximum atomic E-state index is 12.5. The molecule has 1 aliphatic rings. The Hall–Kier alpha value is -2.78. The summed E-state index contributed by atoms with van der Waals surface area (Å²) in [5.74, 6) is 0.0320. The van der Waals surface area contributed by atoms with E-state index in [0.29, 0.717) is 11.5 Å². The van der Waals surface area contributed by atoms with E-state index >= 15 is 0 Å². The summed E-state index contributed by atoms with van der Waals surface area (Å²) in [4.78, 5) is 19.3. The molecule has 0 radical (unpaired) electrons. The minimum atomic E-state index is -0.374. The summed E-state index contributed by atoms with van der Waals surface area (Å²) in [5.41, 5.74) is 0.841. The van der Waals surface area contributed by atoms with Crippen molar-refractivity contribution in [3.8, 4) is 17.0 Å². The van der Waals surface area contributed by atoms with Gasteiger partial charge in [0.25, 0.3) is 5.91 Å². The summed E-state index contributed by atoms with van der Waals surface area (Å²) in [6.45, 7) is 5.16. The summed E-state index contributed by atoms with van der Waals surface area (Å²) >= 11 is 1.54. The zero-order valence-corrected chi connectivity index (χ0v) is 17.3. The molecule has 152 valence electrons. The molecule has 1 aliphatic heterocycles. The highest BCUT2D eigenvalue weighted by Crippen LogP contribution is 2.38. The molecule has 0 bridgehead atoms. The predicted molar refractivity (Wildman–Crippen MR) is 114 cm³/mol. The first-order valence-electron chi connectivity index (χ1n) is 9.76. The van der Waals surface area contributed by atoms with Gasteiger partial charge >= 0.3 is 0 Å². The molecule has 3 aromatic rings. The highest BCUT2D eigenvalue weighted by atomic mass is 32.1. The Kier molecular flexibility index (Phi) is 5.59. The number of thiophene rings is 1. The van der Waals surface area contributed by atoms with Gasteiger partial charge in [0, 0.05) is 35.3 Å². The zero-order chi connectivity index (χ0) is 20.4. The lowest BCUT2D eigenvalue weighted by molar-refractivity contribution is 0.0958. The standard InChI is InChI=1S/C20H24N6O2S/c1-3-26-9-4-5-12(11-26)22-20-23-17(19(28)21-2)16(24-25-20)14-6-7-15-13(18(14)27)8-10-29-15/h6-8,10,12,27H,3-5,9,11H2,1-2H3,(H,21,28)(H,22,23,25)/t12-/m1/s1. The molecule has 9 heteroatoms. The molecule has 1 fully saturated rings. The van der Waals surface area contributed by atoms with Gasteiger partial charge in [-0.05, 0) is 49.5 Å². The predicted octanol–water partition coefficient (Wildman–Crippen LogP) is 2.71. The second kappa shape index (κ2) is 8.30. The number of anilines is 1. The Bertz CT molecular complexity index is 1040. The number of aromatic hydroxyl groups is 1. The van der Waals surface area contributed by atoms with Crippen LogP contribution >= 0.6 is 11.3 Å². The van der Waals surface area contributed by atoms with Crippen LogP contribution in [-0.2, 0) is 0 Å². The summed E-state index contributed by atoms with van der Waals surface area (Å²) in [7, 11) is 1.55. The molecule has 29 heavy (non-hydrogen) atoms. The SMILES string of the molecule is CCN1CCC[C@@H](Nc2nnc(-c3ccc4sccc4c3O)c(C(=O)NC)n2)C1. The van der Waals surface area contributed by atoms with Crippen molar-refractivity contribution < 1.29 is 9.90 Å². The smallest absolute Gasteiger partial charge is 0.272 e. The van der Waals surface area contributed by atoms with E-state index in [1.54, 1.807) is 13.1 Å². The lowest BCUT2D eigenvalue weighted by atomic mass is 10.1. The van der Waals surface area contributed by atoms with Crippen LogP contribution in [-0.4, -0.2) is 63.8 Å². The van der Waals surface area contributed by atoms with Gasteiger partial charge in [0.1, 0.15) is 11.4 Å². The van der Waals surface area contributed by atoms with E-state index in [-0.39, 0.29) is 29.1 Å². The molecule has 4 rings (SSSR count). The third kappa shape index (κ3) is 3.88. The van der Waals surface area contributed by atoms with Gasteiger partial charge < -0.3 is 20.6 Å². The maximum absolute atomic E-state index is 12.5. The third-order valence-electron chi connectivity index (χ3n) is 5.28. The number of nitrogens with zero attached hydrogens (tertiary/aromatic N) is 4. The second-order valence-corrected chi connectivity index (χ2v) is 8.03. The van der Waals surface area contributed by atoms with Crippen molar-refractivity contribution in [3.05, 3.63) is 29.3 Å². The molecule has 3 N–H and O–H groups in total. The molecular weight excluding hydrogens is 388 g/mol. The number of likely N-dealkylation sites (tertiary alicyclic amines) is 1. The number of likely N-dealkylation sites (N-methyl/N-ethyl adjacent to an activating group) is 1. The van der Waals surface area contributed by atoms with Crippen LogP contribution in [0, 0.1) is 0 Å². The van der Waals surface area contributed by atoms with Crippen molar-refractivity contribution in [1.29, 1.82) is 0 Å². The fourth-order valence-corrected chi connectivity index (χ4v) is 4.50. The van der Waals surface area contributed by atoms with Crippen LogP contribution in [0.15, 0.2) is 23.6 Å². The lowest BCUT2D eigenvalue weighted by Gasteiger charge is -2.32. The molecule has 1 amide bonds. The van der Waals surface area contributed by atoms with Gasteiger partial charge in [-0.1, -0.05) is 6.92 Å². The first-order chi connectivity index (χ1) is 14.1. The number of carbonyl (C=O) groups is 1. The van der Waals surface area contributed by atoms with Crippen LogP contribution in [0.2, 0.25) is 0 Å². The van der Waals surface area contributed by atoms with E-state index in [1.165, 1.54) is 11.3 Å². The number of amides is 1. The van der Waals surface area contributed by atoms with Crippen molar-refractivity contribution in [2.45, 2.75) is 25.8 Å². The quantitative estimate of drug-likeness (QED) is 0.592. The van der Waals surface area contributed by atoms with Gasteiger partial charge in [-0.3, -0.25) is 4.79 Å². The third-order valence-corrected chi connectivity index (χ3v) is 6.16. The molecule has 1 saturated heterocycles. The van der Waals surface area contributed by atoms with E-state index in [2.05, 4.69) is 37.6 Å². The molecule has 0 spiro atoms. The number of phenolic OH excluding ortho intramolecular Hbond substituents is 1. The van der Waals surface area contributed by atoms with Crippen molar-refractivity contribution in [3.63, 3.8) is 0 Å². The fourth-order valence-electron chi connectivity index (χ4n) is 3.71. The number of aromatic nitrogens is 3. The van der Waals surface area contributed by atoms with Gasteiger partial charge in [-0.2, -0.15) is 0 Å². The van der Waals surface area contributed by atoms with Crippen LogP contribution < -0.4 is 10.6 Å². The average molecular weight is 413 g/mol. The molecule has 3 heterocycles. The van der Waals surface area contributed by atoms with Crippen molar-refractivity contribution in [2.75, 3.05) is 32.0 Å². The van der Waals surface area contributed by atoms with Crippen LogP contribution in [0.25, 0.3) is 21.3 Å². The van der Waals surface area contributed by atoms with Crippen LogP contribution in [0.5, 0.6) is 5.75 Å². The van der Waals surface area contributed by atoms with Crippen LogP contribution in [0.4, 0.5) is 5.95 Å². The Balaban J connectivity index is 1.69. The van der Waals surface area contributed by atoms with Gasteiger partial charge in [-0.15, -0.1) is 21.5 Å². The molecule has 1 atom stereocenters. The summed E-state index contributed by atoms with van der Waals surface area (Å²) in [6, 6.07) is 5.71. The highest BCUT2D eigenvalue weighted by molar-refractivity contribution is 7.17. The number of rotatable bonds is 5. The van der Waals surface area contributed by atoms with Gasteiger partial charge in [0.2, 0.25) is 5.95 Å². The molecule has 0 aliphatic carbocycles. The van der Waals surface area contributed by atoms with Crippen molar-refractivity contribution in [1.82, 2.24) is 25.4 Å². The first kappa shape index (κ1) is 19.5. The normalized spacial score (nSPS) is 17.4. The molecule has 2 aromatic heterocycles. The lowest BCUT2D eigenvalue weighted by Crippen LogP contribution is -2.42. The minimum Gasteiger partial charge on any atom is -0.507 e. The molecule has 0 saturated carbocycles. The number of benzene rings is 1. The fraction of sp³-hybridized carbons (Fsp3) is 0.400. The topological polar surface area (TPSA) is 103 Å². The second-order valence-electron chi connectivity index (χ2n) is 7.08. The van der Waals surface area contributed by atoms with E-state index in [9.17, 15) is 9.90 Å². The van der Waals surface area contributed by atoms with Crippen molar-refractivity contribution in [2.24, 2.45) is 0 Å². The number of carbonyl (C=O) groups excluding carboxylic acids is 1. The Morgan fingerprint density at radius 3 is 3.00 bits per heavy atom. The molecule has 0 unspecified atom stereocenters. The summed E-state index contributed by atoms with van der Waals surface area (Å²) < 4.78 is 0.963. The van der Waals surface area contributed by atoms with E-state index in [4.69, 9.17) is 0 Å². The number of hydrogen-bond acceptors (Lipinski definition) is 8. The Morgan fingerprint density at radius 1 is 1.34 bits per heavy atom. The van der Waals surface area contributed by atoms with E-state index < -0.39 is 0 Å². The van der Waals surface area contributed by atoms with Crippen LogP contribution in [0.3, 0.4) is 0 Å². The van der Waals surface area contributed by atoms with E-state index in [1.807, 2.05) is 17.5 Å². The van der Waals surface area contributed by atoms with Gasteiger partial charge in [0.15, 0.2) is 5.69 Å².